The van der Waals surface area contributed by atoms with Crippen molar-refractivity contribution in [2.75, 3.05) is 0 Å². The molecule has 0 atom stereocenters. The zero-order valence-electron chi connectivity index (χ0n) is 62.9. The predicted octanol–water partition coefficient (Wildman–Crippen LogP) is 28.6. The van der Waals surface area contributed by atoms with E-state index >= 15 is 0 Å². The summed E-state index contributed by atoms with van der Waals surface area (Å²) in [7, 11) is 0. The monoisotopic (exact) mass is 1480 g/mol. The molecule has 0 amide bonds. The Balaban J connectivity index is 0.000000145. The Bertz CT molecular complexity index is 7350. The van der Waals surface area contributed by atoms with Crippen LogP contribution in [-0.2, 0) is 0 Å². The van der Waals surface area contributed by atoms with Gasteiger partial charge in [-0.05, 0) is 117 Å². The molecule has 0 bridgehead atoms. The summed E-state index contributed by atoms with van der Waals surface area (Å²) < 4.78 is 18.7. The normalized spacial score (nSPS) is 11.4. The van der Waals surface area contributed by atoms with Gasteiger partial charge in [0.2, 0.25) is 0 Å². The maximum absolute atomic E-state index is 7.01. The molecule has 0 unspecified atom stereocenters. The summed E-state index contributed by atoms with van der Waals surface area (Å²) in [4.78, 5) is 20.4. The summed E-state index contributed by atoms with van der Waals surface area (Å²) in [6, 6.07) is 149. The van der Waals surface area contributed by atoms with Gasteiger partial charge in [-0.15, -0.1) is 0 Å². The van der Waals surface area contributed by atoms with E-state index in [0.29, 0.717) is 17.5 Å². The van der Waals surface area contributed by atoms with Gasteiger partial charge in [-0.1, -0.05) is 352 Å². The van der Waals surface area contributed by atoms with Gasteiger partial charge in [0.05, 0.1) is 44.2 Å². The second-order valence-electron chi connectivity index (χ2n) is 29.1. The summed E-state index contributed by atoms with van der Waals surface area (Å²) in [6.07, 6.45) is 0. The lowest BCUT2D eigenvalue weighted by atomic mass is 9.97. The van der Waals surface area contributed by atoms with Crippen LogP contribution in [0.5, 0.6) is 0 Å². The Morgan fingerprint density at radius 3 is 0.931 bits per heavy atom. The largest absolute Gasteiger partial charge is 0.455 e. The quantitative estimate of drug-likeness (QED) is 0.108. The molecule has 16 aromatic carbocycles. The molecule has 116 heavy (non-hydrogen) atoms. The topological polar surface area (TPSA) is 87.7 Å². The zero-order valence-corrected chi connectivity index (χ0v) is 62.9. The van der Waals surface area contributed by atoms with Crippen molar-refractivity contribution in [3.05, 3.63) is 425 Å². The molecule has 0 aliphatic rings. The van der Waals surface area contributed by atoms with E-state index in [4.69, 9.17) is 28.8 Å². The van der Waals surface area contributed by atoms with E-state index in [1.54, 1.807) is 0 Å². The van der Waals surface area contributed by atoms with E-state index in [2.05, 4.69) is 379 Å². The van der Waals surface area contributed by atoms with Gasteiger partial charge in [0.1, 0.15) is 22.7 Å². The Labute approximate surface area is 670 Å². The minimum Gasteiger partial charge on any atom is -0.455 e. The van der Waals surface area contributed by atoms with E-state index in [9.17, 15) is 0 Å². The van der Waals surface area contributed by atoms with E-state index < -0.39 is 0 Å². The predicted molar refractivity (Wildman–Crippen MR) is 478 cm³/mol. The number of para-hydroxylation sites is 2. The van der Waals surface area contributed by atoms with Crippen molar-refractivity contribution >= 4 is 65.6 Å². The number of aromatic nitrogens is 6. The van der Waals surface area contributed by atoms with Gasteiger partial charge in [0.15, 0.2) is 17.5 Å². The first-order chi connectivity index (χ1) is 57.5. The first kappa shape index (κ1) is 68.4. The van der Waals surface area contributed by atoms with Gasteiger partial charge in [0, 0.05) is 83.0 Å². The highest BCUT2D eigenvalue weighted by molar-refractivity contribution is 6.24. The molecule has 544 valence electrons. The SMILES string of the molecule is c1ccc(-c2ccc(-c3cc(-c4ccccc4)nc(-c4ccc(-n5c6ccccc6c6c7oc(-c8ccccc8)c(-c8ccccc8)c7ccc65)cc4)c3)cc2)cc1.c1ccc(-c2ccc(-c3nc(-c4ccccc4)nc(-c4cccc(-n5c6ccccc6c6c7oc(-c8ccccc8)c(-c8ccccc8)c7ccc65)c4)n3)cc2)cc1. The molecule has 0 aliphatic heterocycles. The molecule has 22 rings (SSSR count). The first-order valence-corrected chi connectivity index (χ1v) is 39.1. The van der Waals surface area contributed by atoms with Crippen molar-refractivity contribution in [3.63, 3.8) is 0 Å². The smallest absolute Gasteiger partial charge is 0.164 e. The average Bonchev–Trinajstić information content (AvgIpc) is 1.56. The van der Waals surface area contributed by atoms with E-state index in [1.807, 2.05) is 54.6 Å². The van der Waals surface area contributed by atoms with Crippen molar-refractivity contribution in [1.82, 2.24) is 29.1 Å². The molecule has 0 radical (unpaired) electrons. The van der Waals surface area contributed by atoms with Crippen LogP contribution in [0.4, 0.5) is 0 Å². The maximum atomic E-state index is 7.01. The molecule has 8 heteroatoms. The van der Waals surface area contributed by atoms with Crippen LogP contribution in [0.25, 0.3) is 212 Å². The summed E-state index contributed by atoms with van der Waals surface area (Å²) in [6.45, 7) is 0. The summed E-state index contributed by atoms with van der Waals surface area (Å²) in [5.41, 5.74) is 28.5. The average molecular weight is 1480 g/mol. The Morgan fingerprint density at radius 2 is 0.491 bits per heavy atom. The molecular weight excluding hydrogens is 1410 g/mol. The van der Waals surface area contributed by atoms with Gasteiger partial charge in [-0.3, -0.25) is 0 Å². The van der Waals surface area contributed by atoms with Crippen LogP contribution in [0.2, 0.25) is 0 Å². The van der Waals surface area contributed by atoms with Crippen molar-refractivity contribution in [2.24, 2.45) is 0 Å². The molecule has 0 saturated heterocycles. The fourth-order valence-corrected chi connectivity index (χ4v) is 16.6. The molecule has 22 aromatic rings. The van der Waals surface area contributed by atoms with Crippen molar-refractivity contribution in [3.8, 4) is 146 Å². The summed E-state index contributed by atoms with van der Waals surface area (Å²) in [5, 5.41) is 6.64. The third-order valence-corrected chi connectivity index (χ3v) is 22.1. The molecular formula is C108H70N6O2. The fourth-order valence-electron chi connectivity index (χ4n) is 16.6. The lowest BCUT2D eigenvalue weighted by Gasteiger charge is -2.12. The third-order valence-electron chi connectivity index (χ3n) is 22.1. The van der Waals surface area contributed by atoms with Gasteiger partial charge in [-0.25, -0.2) is 19.9 Å². The number of nitrogens with zero attached hydrogens (tertiary/aromatic N) is 6. The Hall–Kier alpha value is -15.6. The lowest BCUT2D eigenvalue weighted by Crippen LogP contribution is -2.01. The van der Waals surface area contributed by atoms with Crippen LogP contribution in [-0.4, -0.2) is 29.1 Å². The number of fused-ring (bicyclic) bond motifs is 10. The molecule has 0 fully saturated rings. The Morgan fingerprint density at radius 1 is 0.181 bits per heavy atom. The highest BCUT2D eigenvalue weighted by atomic mass is 16.3. The minimum absolute atomic E-state index is 0.604. The maximum Gasteiger partial charge on any atom is 0.164 e. The highest BCUT2D eigenvalue weighted by Crippen LogP contribution is 2.49. The van der Waals surface area contributed by atoms with Crippen molar-refractivity contribution in [2.45, 2.75) is 0 Å². The first-order valence-electron chi connectivity index (χ1n) is 39.1. The van der Waals surface area contributed by atoms with Crippen LogP contribution >= 0.6 is 0 Å². The molecule has 8 nitrogen and oxygen atoms in total. The Kier molecular flexibility index (Phi) is 17.4. The number of rotatable bonds is 14. The second-order valence-corrected chi connectivity index (χ2v) is 29.1. The second kappa shape index (κ2) is 29.6. The van der Waals surface area contributed by atoms with Crippen LogP contribution in [0.1, 0.15) is 0 Å². The van der Waals surface area contributed by atoms with Gasteiger partial charge in [-0.2, -0.15) is 0 Å². The molecule has 0 N–H and O–H groups in total. The fraction of sp³-hybridized carbons (Fsp3) is 0. The van der Waals surface area contributed by atoms with Gasteiger partial charge in [0.25, 0.3) is 0 Å². The number of benzene rings is 16. The summed E-state index contributed by atoms with van der Waals surface area (Å²) >= 11 is 0. The molecule has 0 spiro atoms. The van der Waals surface area contributed by atoms with Crippen LogP contribution < -0.4 is 0 Å². The van der Waals surface area contributed by atoms with Crippen LogP contribution in [0.3, 0.4) is 0 Å². The van der Waals surface area contributed by atoms with Crippen molar-refractivity contribution in [1.29, 1.82) is 0 Å². The molecule has 6 heterocycles. The van der Waals surface area contributed by atoms with E-state index in [0.717, 1.165) is 178 Å². The van der Waals surface area contributed by atoms with Gasteiger partial charge < -0.3 is 18.0 Å². The minimum atomic E-state index is 0.604. The van der Waals surface area contributed by atoms with E-state index in [-0.39, 0.29) is 0 Å². The van der Waals surface area contributed by atoms with E-state index in [1.165, 1.54) is 16.7 Å². The molecule has 6 aromatic heterocycles. The van der Waals surface area contributed by atoms with Crippen LogP contribution in [0, 0.1) is 0 Å². The number of hydrogen-bond donors (Lipinski definition) is 0. The summed E-state index contributed by atoms with van der Waals surface area (Å²) in [5.74, 6) is 3.59. The molecule has 0 aliphatic carbocycles. The zero-order chi connectivity index (χ0) is 76.8. The highest BCUT2D eigenvalue weighted by Gasteiger charge is 2.27. The molecule has 0 saturated carbocycles. The lowest BCUT2D eigenvalue weighted by molar-refractivity contribution is 0.635. The van der Waals surface area contributed by atoms with Crippen LogP contribution in [0.15, 0.2) is 433 Å². The van der Waals surface area contributed by atoms with Crippen molar-refractivity contribution < 1.29 is 8.83 Å². The number of pyridine rings is 1. The standard InChI is InChI=1S/C55H36N2O.C53H34N4O/c1-5-15-37(16-6-1)38-25-27-39(28-26-38)44-35-48(40-17-7-2-8-18-40)56-49(36-44)41-29-31-45(32-30-41)57-50-24-14-13-23-46(50)53-51(57)34-33-47-52(42-19-9-3-10-20-42)54(58-55(47)53)43-21-11-4-12-22-43;1-5-16-35(17-6-1)36-28-30-40(31-29-36)52-54-51(39-22-11-4-12-23-39)55-53(56-52)41-24-15-25-42(34-41)57-45-27-14-13-26-43(45)48-46(57)33-32-44-47(37-18-7-2-8-19-37)49(58-50(44)48)38-20-9-3-10-21-38/h1-36H;1-34H. The number of hydrogen-bond acceptors (Lipinski definition) is 6. The number of furan rings is 2. The third kappa shape index (κ3) is 12.6. The van der Waals surface area contributed by atoms with Gasteiger partial charge >= 0.3 is 0 Å².